The Kier molecular flexibility index (Phi) is 4.65. The molecular weight excluding hydrogens is 396 g/mol. The number of nitro groups is 1. The van der Waals surface area contributed by atoms with E-state index in [1.165, 1.54) is 36.4 Å². The first kappa shape index (κ1) is 18.5. The number of aromatic hydroxyl groups is 1. The van der Waals surface area contributed by atoms with Gasteiger partial charge in [-0.05, 0) is 54.2 Å². The quantitative estimate of drug-likeness (QED) is 0.375. The highest BCUT2D eigenvalue weighted by Crippen LogP contribution is 2.37. The Balaban J connectivity index is 1.63. The average molecular weight is 408 g/mol. The van der Waals surface area contributed by atoms with Crippen LogP contribution in [0.2, 0.25) is 0 Å². The summed E-state index contributed by atoms with van der Waals surface area (Å²) < 4.78 is 5.65. The van der Waals surface area contributed by atoms with Crippen molar-refractivity contribution in [1.29, 1.82) is 0 Å². The van der Waals surface area contributed by atoms with Gasteiger partial charge in [0.05, 0.1) is 21.1 Å². The van der Waals surface area contributed by atoms with Crippen LogP contribution in [0, 0.1) is 10.1 Å². The third-order valence-corrected chi connectivity index (χ3v) is 5.04. The molecule has 29 heavy (non-hydrogen) atoms. The summed E-state index contributed by atoms with van der Waals surface area (Å²) in [4.78, 5) is 36.8. The summed E-state index contributed by atoms with van der Waals surface area (Å²) in [5.41, 5.74) is 0.559. The third-order valence-electron chi connectivity index (χ3n) is 4.17. The van der Waals surface area contributed by atoms with Crippen LogP contribution in [0.25, 0.3) is 17.4 Å². The van der Waals surface area contributed by atoms with Crippen molar-refractivity contribution in [3.63, 3.8) is 0 Å². The number of phenolic OH excluding ortho intramolecular Hbond substituents is 1. The molecule has 2 heterocycles. The largest absolute Gasteiger partial charge is 0.508 e. The molecule has 2 amide bonds. The van der Waals surface area contributed by atoms with Gasteiger partial charge < -0.3 is 9.52 Å². The summed E-state index contributed by atoms with van der Waals surface area (Å²) in [6, 6.07) is 15.0. The Morgan fingerprint density at radius 3 is 2.48 bits per heavy atom. The van der Waals surface area contributed by atoms with Crippen LogP contribution in [0.3, 0.4) is 0 Å². The molecule has 0 spiro atoms. The maximum Gasteiger partial charge on any atom is 0.298 e. The molecule has 0 radical (unpaired) electrons. The van der Waals surface area contributed by atoms with Crippen molar-refractivity contribution in [2.24, 2.45) is 0 Å². The van der Waals surface area contributed by atoms with Crippen LogP contribution >= 0.6 is 11.8 Å². The second-order valence-electron chi connectivity index (χ2n) is 6.01. The zero-order valence-electron chi connectivity index (χ0n) is 14.6. The number of imide groups is 1. The number of anilines is 1. The normalized spacial score (nSPS) is 15.3. The van der Waals surface area contributed by atoms with Crippen LogP contribution in [0.5, 0.6) is 5.75 Å². The first-order chi connectivity index (χ1) is 13.9. The van der Waals surface area contributed by atoms with Crippen LogP contribution in [0.15, 0.2) is 70.0 Å². The van der Waals surface area contributed by atoms with Gasteiger partial charge >= 0.3 is 0 Å². The van der Waals surface area contributed by atoms with Gasteiger partial charge in [-0.15, -0.1) is 0 Å². The van der Waals surface area contributed by atoms with E-state index >= 15 is 0 Å². The van der Waals surface area contributed by atoms with Crippen LogP contribution in [-0.2, 0) is 4.79 Å². The van der Waals surface area contributed by atoms with Gasteiger partial charge in [-0.1, -0.05) is 12.1 Å². The number of rotatable bonds is 4. The Hall–Kier alpha value is -3.85. The zero-order chi connectivity index (χ0) is 20.5. The Morgan fingerprint density at radius 1 is 1.03 bits per heavy atom. The number of hydrogen-bond donors (Lipinski definition) is 1. The lowest BCUT2D eigenvalue weighted by molar-refractivity contribution is -0.384. The maximum absolute atomic E-state index is 12.6. The van der Waals surface area contributed by atoms with Crippen LogP contribution in [0.1, 0.15) is 5.76 Å². The fourth-order valence-corrected chi connectivity index (χ4v) is 3.66. The molecule has 144 valence electrons. The molecule has 9 heteroatoms. The number of nitro benzene ring substituents is 1. The molecule has 0 aliphatic carbocycles. The predicted molar refractivity (Wildman–Crippen MR) is 107 cm³/mol. The van der Waals surface area contributed by atoms with Gasteiger partial charge in [0, 0.05) is 12.1 Å². The second kappa shape index (κ2) is 7.28. The minimum Gasteiger partial charge on any atom is -0.508 e. The molecule has 0 bridgehead atoms. The van der Waals surface area contributed by atoms with E-state index in [9.17, 15) is 24.8 Å². The van der Waals surface area contributed by atoms with E-state index in [2.05, 4.69) is 0 Å². The van der Waals surface area contributed by atoms with Gasteiger partial charge in [0.1, 0.15) is 17.3 Å². The molecule has 0 unspecified atom stereocenters. The maximum atomic E-state index is 12.6. The summed E-state index contributed by atoms with van der Waals surface area (Å²) in [5.74, 6) is 0.0689. The van der Waals surface area contributed by atoms with Crippen molar-refractivity contribution in [2.45, 2.75) is 0 Å². The number of carbonyl (C=O) groups is 2. The van der Waals surface area contributed by atoms with Gasteiger partial charge in [-0.3, -0.25) is 19.7 Å². The summed E-state index contributed by atoms with van der Waals surface area (Å²) in [6.07, 6.45) is 1.42. The fourth-order valence-electron chi connectivity index (χ4n) is 2.84. The second-order valence-corrected chi connectivity index (χ2v) is 7.00. The highest BCUT2D eigenvalue weighted by molar-refractivity contribution is 8.19. The Morgan fingerprint density at radius 2 is 1.76 bits per heavy atom. The summed E-state index contributed by atoms with van der Waals surface area (Å²) >= 11 is 0.757. The van der Waals surface area contributed by atoms with Crippen LogP contribution < -0.4 is 4.90 Å². The molecule has 1 aromatic heterocycles. The van der Waals surface area contributed by atoms with Gasteiger partial charge in [-0.25, -0.2) is 4.90 Å². The third kappa shape index (κ3) is 3.50. The predicted octanol–water partition coefficient (Wildman–Crippen LogP) is 4.80. The minimum absolute atomic E-state index is 0.0226. The van der Waals surface area contributed by atoms with Crippen molar-refractivity contribution in [2.75, 3.05) is 4.90 Å². The standard InChI is InChI=1S/C20H12N2O6S/c23-13-7-5-12(6-8-13)21-19(24)18(29-20(21)25)11-14-9-10-17(28-14)15-3-1-2-4-16(15)22(26)27/h1-11,23H/b18-11+. The molecule has 3 aromatic rings. The van der Waals surface area contributed by atoms with Crippen LogP contribution in [-0.4, -0.2) is 21.2 Å². The van der Waals surface area contributed by atoms with Gasteiger partial charge in [-0.2, -0.15) is 0 Å². The number of benzene rings is 2. The molecule has 1 fully saturated rings. The molecule has 1 N–H and O–H groups in total. The first-order valence-electron chi connectivity index (χ1n) is 8.34. The number of carbonyl (C=O) groups excluding carboxylic acids is 2. The number of hydrogen-bond acceptors (Lipinski definition) is 7. The number of amides is 2. The number of furan rings is 1. The van der Waals surface area contributed by atoms with E-state index in [4.69, 9.17) is 4.42 Å². The van der Waals surface area contributed by atoms with Crippen LogP contribution in [0.4, 0.5) is 16.2 Å². The van der Waals surface area contributed by atoms with E-state index in [1.807, 2.05) is 0 Å². The summed E-state index contributed by atoms with van der Waals surface area (Å²) in [7, 11) is 0. The van der Waals surface area contributed by atoms with Crippen molar-refractivity contribution in [1.82, 2.24) is 0 Å². The van der Waals surface area contributed by atoms with Gasteiger partial charge in [0.25, 0.3) is 16.8 Å². The zero-order valence-corrected chi connectivity index (χ0v) is 15.5. The monoisotopic (exact) mass is 408 g/mol. The first-order valence-corrected chi connectivity index (χ1v) is 9.16. The lowest BCUT2D eigenvalue weighted by Gasteiger charge is -2.11. The van der Waals surface area contributed by atoms with E-state index in [-0.39, 0.29) is 27.9 Å². The van der Waals surface area contributed by atoms with Gasteiger partial charge in [0.15, 0.2) is 0 Å². The molecule has 8 nitrogen and oxygen atoms in total. The van der Waals surface area contributed by atoms with Crippen molar-refractivity contribution < 1.29 is 24.0 Å². The van der Waals surface area contributed by atoms with Gasteiger partial charge in [0.2, 0.25) is 0 Å². The number of nitrogens with zero attached hydrogens (tertiary/aromatic N) is 2. The smallest absolute Gasteiger partial charge is 0.298 e. The fraction of sp³-hybridized carbons (Fsp3) is 0. The molecule has 1 saturated heterocycles. The Labute approximate surface area is 168 Å². The topological polar surface area (TPSA) is 114 Å². The lowest BCUT2D eigenvalue weighted by Crippen LogP contribution is -2.27. The molecule has 1 aliphatic rings. The summed E-state index contributed by atoms with van der Waals surface area (Å²) in [5, 5.41) is 20.1. The number of thioether (sulfide) groups is 1. The highest BCUT2D eigenvalue weighted by atomic mass is 32.2. The molecule has 0 saturated carbocycles. The van der Waals surface area contributed by atoms with E-state index in [0.717, 1.165) is 16.7 Å². The Bertz CT molecular complexity index is 1170. The van der Waals surface area contributed by atoms with E-state index in [0.29, 0.717) is 11.3 Å². The number of para-hydroxylation sites is 1. The van der Waals surface area contributed by atoms with E-state index < -0.39 is 16.1 Å². The molecule has 4 rings (SSSR count). The average Bonchev–Trinajstić information content (AvgIpc) is 3.27. The molecule has 1 aliphatic heterocycles. The SMILES string of the molecule is O=C1S/C(=C/c2ccc(-c3ccccc3[N+](=O)[O-])o2)C(=O)N1c1ccc(O)cc1. The minimum atomic E-state index is -0.519. The molecule has 0 atom stereocenters. The van der Waals surface area contributed by atoms with E-state index in [1.54, 1.807) is 30.3 Å². The number of phenols is 1. The highest BCUT2D eigenvalue weighted by Gasteiger charge is 2.36. The molecule has 2 aromatic carbocycles. The van der Waals surface area contributed by atoms with Crippen molar-refractivity contribution in [3.05, 3.63) is 81.4 Å². The van der Waals surface area contributed by atoms with Crippen molar-refractivity contribution in [3.8, 4) is 17.1 Å². The van der Waals surface area contributed by atoms with Crippen molar-refractivity contribution >= 4 is 40.4 Å². The molecular formula is C20H12N2O6S. The lowest BCUT2D eigenvalue weighted by atomic mass is 10.1. The summed E-state index contributed by atoms with van der Waals surface area (Å²) in [6.45, 7) is 0.